The standard InChI is InChI=1S/C69H114NO8P/c1-3-5-7-9-11-13-15-17-19-21-23-24-25-26-27-28-29-30-31-32-33-34-35-36-37-38-39-40-41-42-44-46-48-50-52-54-56-58-60-62-69(72)78-67(66-77-79(73,74)76-64-63-70)65-75-68(71)61-59-57-55-53-51-49-47-45-43-22-20-18-16-14-12-10-8-6-4-2/h5,7,11,13,17,19,23-24,26-27,29-30,32-33,35-36,38-39,41-42,46,48,52,54,67H,3-4,6,8-10,12,14-16,18,20-22,25,28,31,34,37,40,43-45,47,49-51,53,55-66,70H2,1-2H3,(H,73,74)/b7-5-,13-11-,19-17-,24-23-,27-26-,30-29-,33-32-,36-35-,39-38-,42-41-,48-46-,54-52-. The van der Waals surface area contributed by atoms with Gasteiger partial charge in [-0.1, -0.05) is 275 Å². The molecule has 0 aromatic carbocycles. The number of rotatable bonds is 57. The molecule has 0 aromatic heterocycles. The first kappa shape index (κ1) is 74.9. The lowest BCUT2D eigenvalue weighted by Crippen LogP contribution is -2.29. The fraction of sp³-hybridized carbons (Fsp3) is 0.623. The number of carbonyl (C=O) groups is 2. The van der Waals surface area contributed by atoms with Crippen LogP contribution in [-0.4, -0.2) is 49.3 Å². The minimum absolute atomic E-state index is 0.0400. The monoisotopic (exact) mass is 1120 g/mol. The Morgan fingerprint density at radius 2 is 0.696 bits per heavy atom. The molecular formula is C69H114NO8P. The Hall–Kier alpha value is -4.11. The molecule has 0 aliphatic heterocycles. The van der Waals surface area contributed by atoms with E-state index in [9.17, 15) is 19.0 Å². The Labute approximate surface area is 484 Å². The van der Waals surface area contributed by atoms with E-state index in [1.165, 1.54) is 103 Å². The zero-order valence-electron chi connectivity index (χ0n) is 50.0. The van der Waals surface area contributed by atoms with Crippen LogP contribution in [0.2, 0.25) is 0 Å². The average Bonchev–Trinajstić information content (AvgIpc) is 3.44. The van der Waals surface area contributed by atoms with Crippen molar-refractivity contribution in [2.45, 2.75) is 251 Å². The second-order valence-electron chi connectivity index (χ2n) is 20.2. The van der Waals surface area contributed by atoms with Crippen molar-refractivity contribution in [2.24, 2.45) is 5.73 Å². The fourth-order valence-electron chi connectivity index (χ4n) is 8.15. The highest BCUT2D eigenvalue weighted by Gasteiger charge is 2.26. The third kappa shape index (κ3) is 62.9. The van der Waals surface area contributed by atoms with Crippen LogP contribution in [0.25, 0.3) is 0 Å². The van der Waals surface area contributed by atoms with Crippen molar-refractivity contribution in [1.82, 2.24) is 0 Å². The summed E-state index contributed by atoms with van der Waals surface area (Å²) in [6.45, 7) is 3.58. The van der Waals surface area contributed by atoms with E-state index in [-0.39, 0.29) is 32.6 Å². The highest BCUT2D eigenvalue weighted by atomic mass is 31.2. The molecule has 448 valence electrons. The number of unbranched alkanes of at least 4 members (excludes halogenated alkanes) is 20. The molecule has 3 N–H and O–H groups in total. The average molecular weight is 1120 g/mol. The van der Waals surface area contributed by atoms with Gasteiger partial charge in [-0.25, -0.2) is 4.57 Å². The van der Waals surface area contributed by atoms with Crippen LogP contribution < -0.4 is 5.73 Å². The van der Waals surface area contributed by atoms with Gasteiger partial charge in [0.1, 0.15) is 6.61 Å². The molecule has 0 heterocycles. The largest absolute Gasteiger partial charge is 0.472 e. The quantitative estimate of drug-likeness (QED) is 0.0264. The highest BCUT2D eigenvalue weighted by molar-refractivity contribution is 7.47. The van der Waals surface area contributed by atoms with E-state index in [0.717, 1.165) is 109 Å². The van der Waals surface area contributed by atoms with Crippen molar-refractivity contribution in [3.8, 4) is 0 Å². The molecule has 9 nitrogen and oxygen atoms in total. The van der Waals surface area contributed by atoms with Crippen molar-refractivity contribution in [1.29, 1.82) is 0 Å². The van der Waals surface area contributed by atoms with Gasteiger partial charge in [0, 0.05) is 19.4 Å². The Balaban J connectivity index is 4.08. The lowest BCUT2D eigenvalue weighted by Gasteiger charge is -2.19. The van der Waals surface area contributed by atoms with Crippen LogP contribution in [0, 0.1) is 0 Å². The van der Waals surface area contributed by atoms with E-state index in [1.54, 1.807) is 0 Å². The van der Waals surface area contributed by atoms with Crippen LogP contribution in [0.4, 0.5) is 0 Å². The maximum Gasteiger partial charge on any atom is 0.472 e. The van der Waals surface area contributed by atoms with Crippen LogP contribution in [0.15, 0.2) is 146 Å². The van der Waals surface area contributed by atoms with Crippen molar-refractivity contribution < 1.29 is 37.6 Å². The predicted octanol–water partition coefficient (Wildman–Crippen LogP) is 20.3. The van der Waals surface area contributed by atoms with E-state index >= 15 is 0 Å². The molecule has 0 bridgehead atoms. The number of hydrogen-bond donors (Lipinski definition) is 2. The van der Waals surface area contributed by atoms with Gasteiger partial charge in [-0.05, 0) is 103 Å². The van der Waals surface area contributed by atoms with Crippen molar-refractivity contribution in [3.63, 3.8) is 0 Å². The summed E-state index contributed by atoms with van der Waals surface area (Å²) in [7, 11) is -4.41. The normalized spacial score (nSPS) is 14.0. The number of allylic oxidation sites excluding steroid dienone is 24. The predicted molar refractivity (Wildman–Crippen MR) is 339 cm³/mol. The SMILES string of the molecule is CC/C=C\C/C=C\C/C=C\C/C=C\C/C=C\C/C=C\C/C=C\C/C=C\C/C=C\C/C=C\C/C=C\C/C=C\CCCCC(=O)OC(COC(=O)CCCCCCCCCCCCCCCCCCCCC)COP(=O)(O)OCCN. The van der Waals surface area contributed by atoms with E-state index in [2.05, 4.69) is 160 Å². The van der Waals surface area contributed by atoms with E-state index in [1.807, 2.05) is 0 Å². The molecule has 10 heteroatoms. The molecule has 0 amide bonds. The number of phosphoric ester groups is 1. The third-order valence-electron chi connectivity index (χ3n) is 12.7. The first-order chi connectivity index (χ1) is 38.8. The zero-order valence-corrected chi connectivity index (χ0v) is 50.9. The summed E-state index contributed by atoms with van der Waals surface area (Å²) in [5.41, 5.74) is 5.38. The van der Waals surface area contributed by atoms with Gasteiger partial charge in [-0.15, -0.1) is 0 Å². The van der Waals surface area contributed by atoms with E-state index in [0.29, 0.717) is 6.42 Å². The van der Waals surface area contributed by atoms with Gasteiger partial charge in [-0.2, -0.15) is 0 Å². The molecule has 0 aliphatic rings. The molecule has 0 rings (SSSR count). The highest BCUT2D eigenvalue weighted by Crippen LogP contribution is 2.43. The summed E-state index contributed by atoms with van der Waals surface area (Å²) in [5.74, 6) is -0.882. The van der Waals surface area contributed by atoms with E-state index < -0.39 is 32.5 Å². The number of carbonyl (C=O) groups excluding carboxylic acids is 2. The molecule has 0 saturated carbocycles. The summed E-state index contributed by atoms with van der Waals surface area (Å²) in [6.07, 6.45) is 90.6. The van der Waals surface area contributed by atoms with Crippen molar-refractivity contribution in [3.05, 3.63) is 146 Å². The number of ether oxygens (including phenoxy) is 2. The van der Waals surface area contributed by atoms with Crippen LogP contribution in [0.3, 0.4) is 0 Å². The van der Waals surface area contributed by atoms with Crippen LogP contribution >= 0.6 is 7.82 Å². The molecule has 0 saturated heterocycles. The molecule has 0 radical (unpaired) electrons. The smallest absolute Gasteiger partial charge is 0.462 e. The number of hydrogen-bond acceptors (Lipinski definition) is 8. The molecule has 0 aliphatic carbocycles. The third-order valence-corrected chi connectivity index (χ3v) is 13.7. The number of phosphoric acid groups is 1. The minimum Gasteiger partial charge on any atom is -0.462 e. The lowest BCUT2D eigenvalue weighted by atomic mass is 10.0. The molecule has 0 fully saturated rings. The summed E-state index contributed by atoms with van der Waals surface area (Å²) in [5, 5.41) is 0. The summed E-state index contributed by atoms with van der Waals surface area (Å²) in [4.78, 5) is 35.2. The van der Waals surface area contributed by atoms with Gasteiger partial charge >= 0.3 is 19.8 Å². The van der Waals surface area contributed by atoms with Gasteiger partial charge in [0.05, 0.1) is 13.2 Å². The summed E-state index contributed by atoms with van der Waals surface area (Å²) in [6, 6.07) is 0. The molecule has 0 spiro atoms. The first-order valence-corrected chi connectivity index (χ1v) is 32.8. The van der Waals surface area contributed by atoms with Crippen LogP contribution in [0.1, 0.15) is 245 Å². The maximum atomic E-state index is 12.7. The van der Waals surface area contributed by atoms with Gasteiger partial charge in [0.25, 0.3) is 0 Å². The van der Waals surface area contributed by atoms with Crippen LogP contribution in [-0.2, 0) is 32.7 Å². The summed E-state index contributed by atoms with van der Waals surface area (Å²) >= 11 is 0. The molecular weight excluding hydrogens is 1000 g/mol. The zero-order chi connectivity index (χ0) is 57.3. The van der Waals surface area contributed by atoms with Gasteiger partial charge in [0.2, 0.25) is 0 Å². The minimum atomic E-state index is -4.41. The van der Waals surface area contributed by atoms with Gasteiger partial charge in [-0.3, -0.25) is 18.6 Å². The van der Waals surface area contributed by atoms with Crippen molar-refractivity contribution in [2.75, 3.05) is 26.4 Å². The van der Waals surface area contributed by atoms with Gasteiger partial charge in [0.15, 0.2) is 6.10 Å². The topological polar surface area (TPSA) is 134 Å². The Bertz CT molecular complexity index is 1800. The van der Waals surface area contributed by atoms with Crippen LogP contribution in [0.5, 0.6) is 0 Å². The van der Waals surface area contributed by atoms with Gasteiger partial charge < -0.3 is 20.1 Å². The second kappa shape index (κ2) is 63.1. The number of nitrogens with two attached hydrogens (primary N) is 1. The first-order valence-electron chi connectivity index (χ1n) is 31.3. The summed E-state index contributed by atoms with van der Waals surface area (Å²) < 4.78 is 33.0. The maximum absolute atomic E-state index is 12.7. The Morgan fingerprint density at radius 3 is 1.04 bits per heavy atom. The molecule has 79 heavy (non-hydrogen) atoms. The lowest BCUT2D eigenvalue weighted by molar-refractivity contribution is -0.161. The molecule has 0 aromatic rings. The molecule has 2 unspecified atom stereocenters. The molecule has 2 atom stereocenters. The Kier molecular flexibility index (Phi) is 59.8. The van der Waals surface area contributed by atoms with Crippen molar-refractivity contribution >= 4 is 19.8 Å². The fourth-order valence-corrected chi connectivity index (χ4v) is 8.91. The van der Waals surface area contributed by atoms with E-state index in [4.69, 9.17) is 24.3 Å². The second-order valence-corrected chi connectivity index (χ2v) is 21.7. The Morgan fingerprint density at radius 1 is 0.392 bits per heavy atom. The number of esters is 2.